The SMILES string of the molecule is NC(=O)c1ccc(Cl)c(NC(=O)/C=C\c2ccccc2[N+](=O)[O-])c1. The van der Waals surface area contributed by atoms with Gasteiger partial charge in [-0.15, -0.1) is 0 Å². The molecule has 0 atom stereocenters. The first kappa shape index (κ1) is 17.2. The molecule has 2 aromatic rings. The van der Waals surface area contributed by atoms with E-state index in [0.717, 1.165) is 6.08 Å². The average Bonchev–Trinajstić information content (AvgIpc) is 2.55. The lowest BCUT2D eigenvalue weighted by atomic mass is 10.1. The van der Waals surface area contributed by atoms with Crippen LogP contribution in [0, 0.1) is 10.1 Å². The maximum atomic E-state index is 12.0. The van der Waals surface area contributed by atoms with Crippen molar-refractivity contribution in [3.8, 4) is 0 Å². The highest BCUT2D eigenvalue weighted by Gasteiger charge is 2.11. The van der Waals surface area contributed by atoms with Crippen molar-refractivity contribution in [1.82, 2.24) is 0 Å². The molecule has 2 amide bonds. The van der Waals surface area contributed by atoms with E-state index in [-0.39, 0.29) is 27.5 Å². The maximum Gasteiger partial charge on any atom is 0.276 e. The summed E-state index contributed by atoms with van der Waals surface area (Å²) in [5.74, 6) is -1.21. The quantitative estimate of drug-likeness (QED) is 0.492. The van der Waals surface area contributed by atoms with Crippen LogP contribution in [0.15, 0.2) is 48.5 Å². The van der Waals surface area contributed by atoms with Crippen molar-refractivity contribution in [2.24, 2.45) is 5.73 Å². The highest BCUT2D eigenvalue weighted by Crippen LogP contribution is 2.23. The number of amides is 2. The maximum absolute atomic E-state index is 12.0. The first-order valence-electron chi connectivity index (χ1n) is 6.70. The van der Waals surface area contributed by atoms with Gasteiger partial charge in [0.1, 0.15) is 0 Å². The molecule has 7 nitrogen and oxygen atoms in total. The molecule has 0 unspecified atom stereocenters. The first-order valence-corrected chi connectivity index (χ1v) is 7.08. The van der Waals surface area contributed by atoms with Gasteiger partial charge in [0.05, 0.1) is 21.2 Å². The molecular weight excluding hydrogens is 334 g/mol. The largest absolute Gasteiger partial charge is 0.366 e. The third-order valence-corrected chi connectivity index (χ3v) is 3.39. The average molecular weight is 346 g/mol. The Bertz CT molecular complexity index is 849. The molecular formula is C16H12ClN3O4. The molecule has 0 aliphatic rings. The van der Waals surface area contributed by atoms with E-state index in [1.807, 2.05) is 0 Å². The van der Waals surface area contributed by atoms with Gasteiger partial charge in [-0.3, -0.25) is 19.7 Å². The predicted octanol–water partition coefficient (Wildman–Crippen LogP) is 3.00. The van der Waals surface area contributed by atoms with Gasteiger partial charge in [0.2, 0.25) is 11.8 Å². The Kier molecular flexibility index (Phi) is 5.28. The summed E-state index contributed by atoms with van der Waals surface area (Å²) in [6.07, 6.45) is 2.45. The summed E-state index contributed by atoms with van der Waals surface area (Å²) in [7, 11) is 0. The van der Waals surface area contributed by atoms with E-state index in [1.165, 1.54) is 42.5 Å². The van der Waals surface area contributed by atoms with Gasteiger partial charge < -0.3 is 11.1 Å². The van der Waals surface area contributed by atoms with Crippen LogP contribution in [0.4, 0.5) is 11.4 Å². The van der Waals surface area contributed by atoms with Gasteiger partial charge in [-0.2, -0.15) is 0 Å². The van der Waals surface area contributed by atoms with E-state index in [4.69, 9.17) is 17.3 Å². The Balaban J connectivity index is 2.19. The number of nitrogens with zero attached hydrogens (tertiary/aromatic N) is 1. The number of carbonyl (C=O) groups is 2. The van der Waals surface area contributed by atoms with Crippen LogP contribution in [-0.4, -0.2) is 16.7 Å². The number of rotatable bonds is 5. The standard InChI is InChI=1S/C16H12ClN3O4/c17-12-7-5-11(16(18)22)9-13(12)19-15(21)8-6-10-3-1-2-4-14(10)20(23)24/h1-9H,(H2,18,22)(H,19,21)/b8-6-. The summed E-state index contributed by atoms with van der Waals surface area (Å²) < 4.78 is 0. The summed E-state index contributed by atoms with van der Waals surface area (Å²) in [6.45, 7) is 0. The Morgan fingerprint density at radius 2 is 1.92 bits per heavy atom. The van der Waals surface area contributed by atoms with E-state index in [1.54, 1.807) is 6.07 Å². The van der Waals surface area contributed by atoms with E-state index in [2.05, 4.69) is 5.32 Å². The highest BCUT2D eigenvalue weighted by atomic mass is 35.5. The lowest BCUT2D eigenvalue weighted by Crippen LogP contribution is -2.13. The van der Waals surface area contributed by atoms with Gasteiger partial charge in [0.15, 0.2) is 0 Å². The molecule has 2 rings (SSSR count). The van der Waals surface area contributed by atoms with E-state index in [0.29, 0.717) is 0 Å². The van der Waals surface area contributed by atoms with Crippen molar-refractivity contribution < 1.29 is 14.5 Å². The number of hydrogen-bond donors (Lipinski definition) is 2. The summed E-state index contributed by atoms with van der Waals surface area (Å²) in [6, 6.07) is 10.2. The molecule has 8 heteroatoms. The number of para-hydroxylation sites is 1. The van der Waals surface area contributed by atoms with Crippen molar-refractivity contribution in [3.63, 3.8) is 0 Å². The molecule has 0 radical (unpaired) electrons. The van der Waals surface area contributed by atoms with Crippen LogP contribution in [0.5, 0.6) is 0 Å². The van der Waals surface area contributed by atoms with Crippen molar-refractivity contribution in [2.75, 3.05) is 5.32 Å². The molecule has 122 valence electrons. The van der Waals surface area contributed by atoms with Crippen molar-refractivity contribution in [1.29, 1.82) is 0 Å². The second-order valence-corrected chi connectivity index (χ2v) is 5.10. The highest BCUT2D eigenvalue weighted by molar-refractivity contribution is 6.34. The number of nitro groups is 1. The van der Waals surface area contributed by atoms with Gasteiger partial charge in [-0.25, -0.2) is 0 Å². The first-order chi connectivity index (χ1) is 11.4. The third kappa shape index (κ3) is 4.17. The minimum absolute atomic E-state index is 0.115. The Morgan fingerprint density at radius 1 is 1.21 bits per heavy atom. The fourth-order valence-electron chi connectivity index (χ4n) is 1.91. The fraction of sp³-hybridized carbons (Fsp3) is 0. The number of primary amides is 1. The monoisotopic (exact) mass is 345 g/mol. The molecule has 0 heterocycles. The van der Waals surface area contributed by atoms with Crippen LogP contribution in [0.25, 0.3) is 6.08 Å². The Labute approximate surface area is 141 Å². The molecule has 0 aromatic heterocycles. The van der Waals surface area contributed by atoms with Gasteiger partial charge in [-0.1, -0.05) is 23.7 Å². The topological polar surface area (TPSA) is 115 Å². The summed E-state index contributed by atoms with van der Waals surface area (Å²) in [5, 5.41) is 13.6. The van der Waals surface area contributed by atoms with Crippen molar-refractivity contribution >= 4 is 40.9 Å². The summed E-state index contributed by atoms with van der Waals surface area (Å²) in [5.41, 5.74) is 5.75. The van der Waals surface area contributed by atoms with Crippen LogP contribution in [0.2, 0.25) is 5.02 Å². The molecule has 0 bridgehead atoms. The van der Waals surface area contributed by atoms with E-state index < -0.39 is 16.7 Å². The van der Waals surface area contributed by atoms with Crippen LogP contribution >= 0.6 is 11.6 Å². The van der Waals surface area contributed by atoms with Crippen molar-refractivity contribution in [2.45, 2.75) is 0 Å². The number of halogens is 1. The molecule has 0 aliphatic carbocycles. The molecule has 0 spiro atoms. The molecule has 24 heavy (non-hydrogen) atoms. The number of nitro benzene ring substituents is 1. The molecule has 2 aromatic carbocycles. The van der Waals surface area contributed by atoms with Gasteiger partial charge in [0.25, 0.3) is 5.69 Å². The predicted molar refractivity (Wildman–Crippen MR) is 90.7 cm³/mol. The van der Waals surface area contributed by atoms with Gasteiger partial charge in [-0.05, 0) is 30.3 Å². The number of carbonyl (C=O) groups excluding carboxylic acids is 2. The summed E-state index contributed by atoms with van der Waals surface area (Å²) >= 11 is 5.95. The Hall–Kier alpha value is -3.19. The second kappa shape index (κ2) is 7.38. The molecule has 0 saturated heterocycles. The van der Waals surface area contributed by atoms with Gasteiger partial charge in [0, 0.05) is 17.7 Å². The Morgan fingerprint density at radius 3 is 2.58 bits per heavy atom. The lowest BCUT2D eigenvalue weighted by molar-refractivity contribution is -0.385. The van der Waals surface area contributed by atoms with Crippen LogP contribution in [-0.2, 0) is 4.79 Å². The number of nitrogens with one attached hydrogen (secondary N) is 1. The smallest absolute Gasteiger partial charge is 0.276 e. The van der Waals surface area contributed by atoms with Crippen LogP contribution in [0.1, 0.15) is 15.9 Å². The zero-order valence-corrected chi connectivity index (χ0v) is 13.0. The lowest BCUT2D eigenvalue weighted by Gasteiger charge is -2.06. The molecule has 0 aliphatic heterocycles. The number of hydrogen-bond acceptors (Lipinski definition) is 4. The normalized spacial score (nSPS) is 10.5. The van der Waals surface area contributed by atoms with Crippen LogP contribution < -0.4 is 11.1 Å². The van der Waals surface area contributed by atoms with Gasteiger partial charge >= 0.3 is 0 Å². The second-order valence-electron chi connectivity index (χ2n) is 4.70. The minimum Gasteiger partial charge on any atom is -0.366 e. The van der Waals surface area contributed by atoms with Crippen LogP contribution in [0.3, 0.4) is 0 Å². The number of nitrogens with two attached hydrogens (primary N) is 1. The number of benzene rings is 2. The fourth-order valence-corrected chi connectivity index (χ4v) is 2.07. The molecule has 3 N–H and O–H groups in total. The van der Waals surface area contributed by atoms with E-state index >= 15 is 0 Å². The zero-order valence-electron chi connectivity index (χ0n) is 12.2. The molecule has 0 saturated carbocycles. The number of anilines is 1. The van der Waals surface area contributed by atoms with Crippen molar-refractivity contribution in [3.05, 3.63) is 74.8 Å². The molecule has 0 fully saturated rings. The zero-order chi connectivity index (χ0) is 17.7. The minimum atomic E-state index is -0.655. The van der Waals surface area contributed by atoms with E-state index in [9.17, 15) is 19.7 Å². The summed E-state index contributed by atoms with van der Waals surface area (Å²) in [4.78, 5) is 33.5. The third-order valence-electron chi connectivity index (χ3n) is 3.06.